The van der Waals surface area contributed by atoms with E-state index in [1.165, 1.54) is 29.8 Å². The molecule has 0 aliphatic carbocycles. The second-order valence-corrected chi connectivity index (χ2v) is 15.9. The van der Waals surface area contributed by atoms with E-state index in [9.17, 15) is 35.7 Å². The molecule has 0 spiro atoms. The van der Waals surface area contributed by atoms with Crippen LogP contribution in [-0.2, 0) is 36.9 Å². The number of alkyl halides is 6. The average Bonchev–Trinajstić information content (AvgIpc) is 3.12. The topological polar surface area (TPSA) is 83.5 Å². The molecule has 0 bridgehead atoms. The molecule has 308 valence electrons. The van der Waals surface area contributed by atoms with Crippen molar-refractivity contribution >= 4 is 19.8 Å². The van der Waals surface area contributed by atoms with Crippen LogP contribution in [0.4, 0.5) is 31.1 Å². The highest BCUT2D eigenvalue weighted by Crippen LogP contribution is 2.51. The predicted octanol–water partition coefficient (Wildman–Crippen LogP) is 13.2. The van der Waals surface area contributed by atoms with E-state index in [2.05, 4.69) is 6.08 Å². The van der Waals surface area contributed by atoms with Gasteiger partial charge in [0.15, 0.2) is 0 Å². The summed E-state index contributed by atoms with van der Waals surface area (Å²) in [5, 5.41) is 0. The number of hydrogen-bond acceptors (Lipinski definition) is 7. The van der Waals surface area contributed by atoms with Crippen molar-refractivity contribution in [2.24, 2.45) is 0 Å². The molecule has 8 nitrogen and oxygen atoms in total. The fourth-order valence-electron chi connectivity index (χ4n) is 5.50. The molecule has 4 aromatic carbocycles. The zero-order valence-electron chi connectivity index (χ0n) is 32.3. The number of rotatable bonds is 11. The summed E-state index contributed by atoms with van der Waals surface area (Å²) in [5.41, 5.74) is 0.862. The summed E-state index contributed by atoms with van der Waals surface area (Å²) in [6.45, 7) is 10.7. The number of ether oxygens (including phenoxy) is 3. The van der Waals surface area contributed by atoms with E-state index in [-0.39, 0.29) is 31.2 Å². The first kappa shape index (κ1) is 44.9. The van der Waals surface area contributed by atoms with Gasteiger partial charge >= 0.3 is 26.0 Å². The van der Waals surface area contributed by atoms with Crippen LogP contribution in [0.2, 0.25) is 0 Å². The van der Waals surface area contributed by atoms with Crippen LogP contribution in [-0.4, -0.2) is 42.9 Å². The molecule has 0 N–H and O–H groups in total. The summed E-state index contributed by atoms with van der Waals surface area (Å²) in [5.74, 6) is 1.57. The molecule has 0 atom stereocenters. The molecule has 15 heteroatoms. The van der Waals surface area contributed by atoms with Crippen molar-refractivity contribution in [3.05, 3.63) is 125 Å². The number of carbonyl (C=O) groups excluding carboxylic acids is 1. The van der Waals surface area contributed by atoms with E-state index in [0.717, 1.165) is 42.7 Å². The maximum Gasteiger partial charge on any atom is 0.416 e. The first-order valence-electron chi connectivity index (χ1n) is 18.2. The summed E-state index contributed by atoms with van der Waals surface area (Å²) in [6, 6.07) is 23.2. The normalized spacial score (nSPS) is 13.7. The third kappa shape index (κ3) is 14.9. The molecule has 0 saturated carbocycles. The van der Waals surface area contributed by atoms with Crippen molar-refractivity contribution in [1.29, 1.82) is 0 Å². The van der Waals surface area contributed by atoms with Crippen LogP contribution in [0, 0.1) is 0 Å². The third-order valence-electron chi connectivity index (χ3n) is 8.05. The van der Waals surface area contributed by atoms with Crippen molar-refractivity contribution in [3.63, 3.8) is 0 Å². The van der Waals surface area contributed by atoms with Gasteiger partial charge in [0.1, 0.15) is 28.6 Å². The lowest BCUT2D eigenvalue weighted by Crippen LogP contribution is -2.40. The lowest BCUT2D eigenvalue weighted by molar-refractivity contribution is -0.138. The zero-order chi connectivity index (χ0) is 41.9. The summed E-state index contributed by atoms with van der Waals surface area (Å²) in [7, 11) is -3.25. The summed E-state index contributed by atoms with van der Waals surface area (Å²) < 4.78 is 116. The molecular formula is C42H46F6NO7P. The minimum absolute atomic E-state index is 0.0822. The van der Waals surface area contributed by atoms with Crippen molar-refractivity contribution in [2.75, 3.05) is 26.3 Å². The fourth-order valence-corrected chi connectivity index (χ4v) is 7.19. The Kier molecular flexibility index (Phi) is 15.4. The largest absolute Gasteiger partial charge is 0.457 e. The van der Waals surface area contributed by atoms with Gasteiger partial charge in [-0.15, -0.1) is 0 Å². The molecule has 1 heterocycles. The Hall–Kier alpha value is -4.78. The number of benzene rings is 4. The lowest BCUT2D eigenvalue weighted by atomic mass is 10.0. The second-order valence-electron chi connectivity index (χ2n) is 13.8. The first-order chi connectivity index (χ1) is 26.7. The molecule has 0 radical (unpaired) electrons. The van der Waals surface area contributed by atoms with Crippen molar-refractivity contribution in [1.82, 2.24) is 4.90 Å². The van der Waals surface area contributed by atoms with Crippen LogP contribution in [0.25, 0.3) is 6.08 Å². The SMILES string of the molecule is CC(C)(C)OC(=O)N1CCC(=Cc2cccc(Oc3ccc(C(F)(F)F)cc3)c2)CC1.CCOP(=O)(Cc1cccc(Oc2ccc(C(F)(F)F)cc2)c1)OCC. The van der Waals surface area contributed by atoms with Gasteiger partial charge in [-0.3, -0.25) is 4.57 Å². The smallest absolute Gasteiger partial charge is 0.416 e. The molecule has 0 aromatic heterocycles. The highest BCUT2D eigenvalue weighted by molar-refractivity contribution is 7.53. The van der Waals surface area contributed by atoms with Crippen molar-refractivity contribution in [3.8, 4) is 23.0 Å². The molecule has 4 aromatic rings. The van der Waals surface area contributed by atoms with Gasteiger partial charge in [-0.05, 0) is 131 Å². The van der Waals surface area contributed by atoms with Gasteiger partial charge in [-0.2, -0.15) is 26.3 Å². The van der Waals surface area contributed by atoms with Crippen LogP contribution >= 0.6 is 7.60 Å². The van der Waals surface area contributed by atoms with E-state index in [0.29, 0.717) is 35.9 Å². The number of amides is 1. The first-order valence-corrected chi connectivity index (χ1v) is 19.9. The molecule has 1 saturated heterocycles. The molecule has 1 aliphatic rings. The Labute approximate surface area is 328 Å². The third-order valence-corrected chi connectivity index (χ3v) is 10.1. The Morgan fingerprint density at radius 3 is 1.61 bits per heavy atom. The van der Waals surface area contributed by atoms with E-state index < -0.39 is 36.7 Å². The van der Waals surface area contributed by atoms with Crippen molar-refractivity contribution < 1.29 is 59.0 Å². The lowest BCUT2D eigenvalue weighted by Gasteiger charge is -2.31. The van der Waals surface area contributed by atoms with Crippen LogP contribution < -0.4 is 9.47 Å². The fraction of sp³-hybridized carbons (Fsp3) is 0.357. The number of nitrogens with zero attached hydrogens (tertiary/aromatic N) is 1. The standard InChI is InChI=1S/C24H26F3NO3.C18H20F3O4P/c1-23(2,3)31-22(29)28-13-11-17(12-14-28)15-18-5-4-6-21(16-18)30-20-9-7-19(8-10-20)24(25,26)27;1-3-23-26(22,24-4-2)13-14-6-5-7-17(12-14)25-16-10-8-15(9-11-16)18(19,20)21/h4-10,15-16H,11-14H2,1-3H3;5-12H,3-4,13H2,1-2H3. The van der Waals surface area contributed by atoms with Crippen LogP contribution in [0.15, 0.2) is 103 Å². The molecule has 1 amide bonds. The minimum Gasteiger partial charge on any atom is -0.457 e. The molecule has 1 aliphatic heterocycles. The zero-order valence-corrected chi connectivity index (χ0v) is 33.2. The summed E-state index contributed by atoms with van der Waals surface area (Å²) >= 11 is 0. The number of piperidine rings is 1. The van der Waals surface area contributed by atoms with Crippen LogP contribution in [0.3, 0.4) is 0 Å². The van der Waals surface area contributed by atoms with Gasteiger partial charge in [0.2, 0.25) is 0 Å². The predicted molar refractivity (Wildman–Crippen MR) is 206 cm³/mol. The summed E-state index contributed by atoms with van der Waals surface area (Å²) in [6.07, 6.45) is -5.40. The van der Waals surface area contributed by atoms with Crippen molar-refractivity contribution in [2.45, 2.75) is 71.6 Å². The highest BCUT2D eigenvalue weighted by Gasteiger charge is 2.31. The van der Waals surface area contributed by atoms with Crippen LogP contribution in [0.5, 0.6) is 23.0 Å². The number of hydrogen-bond donors (Lipinski definition) is 0. The molecule has 57 heavy (non-hydrogen) atoms. The average molecular weight is 822 g/mol. The van der Waals surface area contributed by atoms with E-state index in [4.69, 9.17) is 23.3 Å². The van der Waals surface area contributed by atoms with Gasteiger partial charge in [-0.1, -0.05) is 35.9 Å². The van der Waals surface area contributed by atoms with Gasteiger partial charge in [0.05, 0.1) is 30.5 Å². The van der Waals surface area contributed by atoms with Gasteiger partial charge < -0.3 is 28.2 Å². The summed E-state index contributed by atoms with van der Waals surface area (Å²) in [4.78, 5) is 13.9. The minimum atomic E-state index is -4.39. The number of likely N-dealkylation sites (tertiary alicyclic amines) is 1. The Morgan fingerprint density at radius 2 is 1.16 bits per heavy atom. The Morgan fingerprint density at radius 1 is 0.684 bits per heavy atom. The molecular weight excluding hydrogens is 775 g/mol. The number of carbonyl (C=O) groups is 1. The number of halogens is 6. The van der Waals surface area contributed by atoms with E-state index >= 15 is 0 Å². The molecule has 5 rings (SSSR count). The van der Waals surface area contributed by atoms with Gasteiger partial charge in [-0.25, -0.2) is 4.79 Å². The highest BCUT2D eigenvalue weighted by atomic mass is 31.2. The molecule has 1 fully saturated rings. The van der Waals surface area contributed by atoms with Gasteiger partial charge in [0.25, 0.3) is 0 Å². The molecule has 0 unspecified atom stereocenters. The Bertz CT molecular complexity index is 1970. The van der Waals surface area contributed by atoms with Crippen LogP contribution in [0.1, 0.15) is 69.7 Å². The van der Waals surface area contributed by atoms with E-state index in [1.54, 1.807) is 49.1 Å². The van der Waals surface area contributed by atoms with Gasteiger partial charge in [0, 0.05) is 13.1 Å². The quantitative estimate of drug-likeness (QED) is 0.110. The second kappa shape index (κ2) is 19.6. The van der Waals surface area contributed by atoms with E-state index in [1.807, 2.05) is 39.0 Å². The Balaban J connectivity index is 0.000000257. The maximum absolute atomic E-state index is 12.7. The monoisotopic (exact) mass is 821 g/mol. The maximum atomic E-state index is 12.7.